The first-order valence-electron chi connectivity index (χ1n) is 8.08. The lowest BCUT2D eigenvalue weighted by molar-refractivity contribution is 0.0698. The summed E-state index contributed by atoms with van der Waals surface area (Å²) in [4.78, 5) is 31.4. The molecule has 1 fully saturated rings. The van der Waals surface area contributed by atoms with E-state index in [1.807, 2.05) is 6.07 Å². The third-order valence-electron chi connectivity index (χ3n) is 4.43. The van der Waals surface area contributed by atoms with Gasteiger partial charge in [-0.25, -0.2) is 9.78 Å². The molecule has 1 aliphatic carbocycles. The quantitative estimate of drug-likeness (QED) is 0.686. The van der Waals surface area contributed by atoms with Crippen LogP contribution in [0.1, 0.15) is 34.8 Å². The summed E-state index contributed by atoms with van der Waals surface area (Å²) < 4.78 is 7.09. The van der Waals surface area contributed by atoms with Crippen LogP contribution in [-0.2, 0) is 0 Å². The largest absolute Gasteiger partial charge is 0.495 e. The highest BCUT2D eigenvalue weighted by atomic mass is 32.1. The van der Waals surface area contributed by atoms with E-state index in [0.29, 0.717) is 17.1 Å². The Morgan fingerprint density at radius 2 is 2.12 bits per heavy atom. The number of para-hydroxylation sites is 2. The maximum absolute atomic E-state index is 12.5. The number of pyridine rings is 1. The summed E-state index contributed by atoms with van der Waals surface area (Å²) in [6.07, 6.45) is 1.91. The van der Waals surface area contributed by atoms with Crippen LogP contribution in [0.2, 0.25) is 0 Å². The van der Waals surface area contributed by atoms with Crippen LogP contribution >= 0.6 is 12.2 Å². The van der Waals surface area contributed by atoms with Gasteiger partial charge >= 0.3 is 5.97 Å². The molecule has 2 heterocycles. The van der Waals surface area contributed by atoms with E-state index in [9.17, 15) is 14.7 Å². The number of nitrogens with zero attached hydrogens (tertiary/aromatic N) is 2. The number of aromatic carboxylic acids is 1. The van der Waals surface area contributed by atoms with E-state index in [0.717, 1.165) is 12.8 Å². The van der Waals surface area contributed by atoms with Gasteiger partial charge in [-0.3, -0.25) is 14.3 Å². The Morgan fingerprint density at radius 3 is 2.77 bits per heavy atom. The molecule has 0 unspecified atom stereocenters. The Kier molecular flexibility index (Phi) is 3.84. The van der Waals surface area contributed by atoms with Crippen molar-refractivity contribution in [1.29, 1.82) is 0 Å². The van der Waals surface area contributed by atoms with E-state index in [1.54, 1.807) is 22.8 Å². The second kappa shape index (κ2) is 6.06. The topological polar surface area (TPSA) is 97.2 Å². The number of carbonyl (C=O) groups is 1. The summed E-state index contributed by atoms with van der Waals surface area (Å²) in [6, 6.07) is 8.65. The number of hydrogen-bond acceptors (Lipinski definition) is 5. The summed E-state index contributed by atoms with van der Waals surface area (Å²) in [5, 5.41) is 9.63. The summed E-state index contributed by atoms with van der Waals surface area (Å²) in [7, 11) is 1.53. The highest BCUT2D eigenvalue weighted by Gasteiger charge is 2.28. The maximum atomic E-state index is 12.5. The van der Waals surface area contributed by atoms with Gasteiger partial charge in [-0.2, -0.15) is 0 Å². The van der Waals surface area contributed by atoms with Gasteiger partial charge in [0.05, 0.1) is 23.7 Å². The van der Waals surface area contributed by atoms with Crippen molar-refractivity contribution >= 4 is 29.2 Å². The number of ether oxygens (including phenoxy) is 1. The lowest BCUT2D eigenvalue weighted by Crippen LogP contribution is -2.19. The molecule has 8 heteroatoms. The standard InChI is InChI=1S/C18H15N3O4S/c1-25-13-5-3-2-4-12(13)21-15-14(16(22)20-18(21)26)10(17(23)24)8-11(19-15)9-6-7-9/h2-5,8-9H,6-7H2,1H3,(H,23,24)(H,20,22,26). The van der Waals surface area contributed by atoms with Gasteiger partial charge in [-0.1, -0.05) is 12.1 Å². The zero-order chi connectivity index (χ0) is 18.4. The zero-order valence-corrected chi connectivity index (χ0v) is 14.7. The van der Waals surface area contributed by atoms with Crippen LogP contribution in [0.3, 0.4) is 0 Å². The molecule has 7 nitrogen and oxygen atoms in total. The molecule has 2 N–H and O–H groups in total. The predicted octanol–water partition coefficient (Wildman–Crippen LogP) is 3.03. The average molecular weight is 369 g/mol. The summed E-state index contributed by atoms with van der Waals surface area (Å²) in [6.45, 7) is 0. The molecule has 1 aliphatic rings. The molecule has 0 amide bonds. The van der Waals surface area contributed by atoms with E-state index in [2.05, 4.69) is 9.97 Å². The lowest BCUT2D eigenvalue weighted by Gasteiger charge is -2.15. The number of rotatable bonds is 4. The Morgan fingerprint density at radius 1 is 1.38 bits per heavy atom. The molecular weight excluding hydrogens is 354 g/mol. The fourth-order valence-electron chi connectivity index (χ4n) is 3.04. The van der Waals surface area contributed by atoms with Gasteiger partial charge in [0.2, 0.25) is 0 Å². The van der Waals surface area contributed by atoms with E-state index in [1.165, 1.54) is 13.2 Å². The van der Waals surface area contributed by atoms with Crippen molar-refractivity contribution in [3.8, 4) is 11.4 Å². The van der Waals surface area contributed by atoms with Crippen molar-refractivity contribution in [2.45, 2.75) is 18.8 Å². The van der Waals surface area contributed by atoms with E-state index in [4.69, 9.17) is 17.0 Å². The first-order chi connectivity index (χ1) is 12.5. The normalized spacial score (nSPS) is 13.7. The molecular formula is C18H15N3O4S. The van der Waals surface area contributed by atoms with Crippen LogP contribution < -0.4 is 10.3 Å². The average Bonchev–Trinajstić information content (AvgIpc) is 3.46. The Bertz CT molecular complexity index is 1160. The number of nitrogens with one attached hydrogen (secondary N) is 1. The molecule has 26 heavy (non-hydrogen) atoms. The minimum atomic E-state index is -1.17. The lowest BCUT2D eigenvalue weighted by atomic mass is 10.1. The summed E-state index contributed by atoms with van der Waals surface area (Å²) in [5.74, 6) is -0.419. The Labute approximate surface area is 152 Å². The van der Waals surface area contributed by atoms with Crippen molar-refractivity contribution < 1.29 is 14.6 Å². The number of methoxy groups -OCH3 is 1. The van der Waals surface area contributed by atoms with Gasteiger partial charge in [-0.15, -0.1) is 0 Å². The fraction of sp³-hybridized carbons (Fsp3) is 0.222. The summed E-state index contributed by atoms with van der Waals surface area (Å²) in [5.41, 5.74) is 0.835. The molecule has 0 aliphatic heterocycles. The van der Waals surface area contributed by atoms with Crippen LogP contribution in [0.15, 0.2) is 35.1 Å². The molecule has 1 aromatic carbocycles. The molecule has 1 saturated carbocycles. The molecule has 0 atom stereocenters. The maximum Gasteiger partial charge on any atom is 0.336 e. The fourth-order valence-corrected chi connectivity index (χ4v) is 3.32. The van der Waals surface area contributed by atoms with Crippen molar-refractivity contribution in [2.24, 2.45) is 0 Å². The number of benzene rings is 1. The molecule has 4 rings (SSSR count). The highest BCUT2D eigenvalue weighted by molar-refractivity contribution is 7.71. The van der Waals surface area contributed by atoms with Gasteiger partial charge in [0, 0.05) is 11.6 Å². The zero-order valence-electron chi connectivity index (χ0n) is 13.9. The first-order valence-corrected chi connectivity index (χ1v) is 8.48. The predicted molar refractivity (Wildman–Crippen MR) is 98.0 cm³/mol. The number of hydrogen-bond donors (Lipinski definition) is 2. The molecule has 3 aromatic rings. The van der Waals surface area contributed by atoms with Crippen LogP contribution in [0.5, 0.6) is 5.75 Å². The first kappa shape index (κ1) is 16.5. The Hall–Kier alpha value is -3.00. The van der Waals surface area contributed by atoms with Crippen LogP contribution in [0, 0.1) is 4.77 Å². The van der Waals surface area contributed by atoms with Crippen LogP contribution in [0.25, 0.3) is 16.7 Å². The molecule has 2 aromatic heterocycles. The van der Waals surface area contributed by atoms with Gasteiger partial charge in [0.15, 0.2) is 10.4 Å². The minimum Gasteiger partial charge on any atom is -0.495 e. The van der Waals surface area contributed by atoms with E-state index < -0.39 is 11.5 Å². The monoisotopic (exact) mass is 369 g/mol. The van der Waals surface area contributed by atoms with Crippen molar-refractivity contribution in [1.82, 2.24) is 14.5 Å². The number of fused-ring (bicyclic) bond motifs is 1. The van der Waals surface area contributed by atoms with Crippen molar-refractivity contribution in [2.75, 3.05) is 7.11 Å². The third kappa shape index (κ3) is 2.59. The van der Waals surface area contributed by atoms with Crippen LogP contribution in [-0.4, -0.2) is 32.7 Å². The molecule has 0 saturated heterocycles. The molecule has 0 radical (unpaired) electrons. The number of carboxylic acid groups (broad SMARTS) is 1. The molecule has 0 spiro atoms. The van der Waals surface area contributed by atoms with Crippen molar-refractivity contribution in [3.63, 3.8) is 0 Å². The van der Waals surface area contributed by atoms with Gasteiger partial charge in [-0.05, 0) is 43.3 Å². The number of carboxylic acids is 1. The Balaban J connectivity index is 2.18. The molecule has 0 bridgehead atoms. The second-order valence-corrected chi connectivity index (χ2v) is 6.53. The SMILES string of the molecule is COc1ccccc1-n1c(=S)[nH]c(=O)c2c(C(=O)O)cc(C3CC3)nc21. The summed E-state index contributed by atoms with van der Waals surface area (Å²) >= 11 is 5.35. The molecule has 132 valence electrons. The third-order valence-corrected chi connectivity index (χ3v) is 4.72. The highest BCUT2D eigenvalue weighted by Crippen LogP contribution is 2.40. The van der Waals surface area contributed by atoms with E-state index >= 15 is 0 Å². The number of aromatic amines is 1. The van der Waals surface area contributed by atoms with Gasteiger partial charge in [0.25, 0.3) is 5.56 Å². The van der Waals surface area contributed by atoms with E-state index in [-0.39, 0.29) is 27.3 Å². The van der Waals surface area contributed by atoms with Gasteiger partial charge < -0.3 is 9.84 Å². The smallest absolute Gasteiger partial charge is 0.336 e. The number of aromatic nitrogens is 3. The van der Waals surface area contributed by atoms with Crippen LogP contribution in [0.4, 0.5) is 0 Å². The van der Waals surface area contributed by atoms with Crippen molar-refractivity contribution in [3.05, 3.63) is 56.7 Å². The minimum absolute atomic E-state index is 0.00130. The second-order valence-electron chi connectivity index (χ2n) is 6.14. The number of H-pyrrole nitrogens is 1. The van der Waals surface area contributed by atoms with Gasteiger partial charge in [0.1, 0.15) is 5.75 Å².